The van der Waals surface area contributed by atoms with Crippen molar-refractivity contribution in [2.45, 2.75) is 233 Å². The zero-order chi connectivity index (χ0) is 114. The van der Waals surface area contributed by atoms with E-state index in [1.54, 1.807) is 81.4 Å². The summed E-state index contributed by atoms with van der Waals surface area (Å²) in [6.45, 7) is 22.4. The zero-order valence-electron chi connectivity index (χ0n) is 98.0. The predicted octanol–water partition coefficient (Wildman–Crippen LogP) is 15.1. The molecule has 3 aliphatic carbocycles. The van der Waals surface area contributed by atoms with Crippen LogP contribution in [0.25, 0.3) is 0 Å². The molecule has 0 saturated heterocycles. The average molecular weight is 1740 g/mol. The van der Waals surface area contributed by atoms with Crippen LogP contribution in [-0.4, -0.2) is 57.3 Å². The van der Waals surface area contributed by atoms with Crippen LogP contribution in [-0.2, 0) is 5.54 Å². The summed E-state index contributed by atoms with van der Waals surface area (Å²) in [5.74, 6) is 1.07. The first-order valence-corrected chi connectivity index (χ1v) is 41.2. The number of aromatic amines is 6. The first kappa shape index (κ1) is 64.0. The van der Waals surface area contributed by atoms with E-state index >= 15 is 0 Å². The fourth-order valence-electron chi connectivity index (χ4n) is 13.6. The van der Waals surface area contributed by atoms with E-state index in [9.17, 15) is 57.5 Å². The molecule has 15 rings (SSSR count). The van der Waals surface area contributed by atoms with Crippen molar-refractivity contribution in [1.82, 2.24) is 57.3 Å². The summed E-state index contributed by atoms with van der Waals surface area (Å²) < 4.78 is 210. The van der Waals surface area contributed by atoms with E-state index in [4.69, 9.17) is 35.6 Å². The second-order valence-electron chi connectivity index (χ2n) is 31.2. The van der Waals surface area contributed by atoms with Crippen LogP contribution in [0.2, 0.25) is 0 Å². The number of H-pyrrole nitrogens is 6. The van der Waals surface area contributed by atoms with Gasteiger partial charge < -0.3 is 31.9 Å². The summed E-state index contributed by atoms with van der Waals surface area (Å²) in [5, 5.41) is 17.4. The number of aromatic nitrogens is 12. The van der Waals surface area contributed by atoms with Gasteiger partial charge >= 0.3 is 34.1 Å². The molecule has 126 heavy (non-hydrogen) atoms. The van der Waals surface area contributed by atoms with Crippen molar-refractivity contribution in [2.24, 2.45) is 0 Å². The maximum absolute atomic E-state index is 12.5. The molecule has 0 aliphatic heterocycles. The minimum atomic E-state index is -0.724. The molecule has 7 atom stereocenters. The van der Waals surface area contributed by atoms with E-state index in [2.05, 4.69) is 61.8 Å². The minimum absolute atomic E-state index is 0.0555. The molecule has 6 aromatic heterocycles. The quantitative estimate of drug-likeness (QED) is 0.0253. The van der Waals surface area contributed by atoms with Crippen LogP contribution in [0.4, 0.5) is 34.9 Å². The Balaban J connectivity index is 0.000000186. The Morgan fingerprint density at radius 2 is 0.587 bits per heavy atom. The van der Waals surface area contributed by atoms with Gasteiger partial charge in [-0.3, -0.25) is 86.1 Å². The molecular weight excluding hydrogens is 1600 g/mol. The summed E-state index contributed by atoms with van der Waals surface area (Å²) in [7, 11) is 0. The molecule has 3 saturated carbocycles. The second-order valence-corrected chi connectivity index (χ2v) is 31.2. The molecule has 3 aliphatic rings. The van der Waals surface area contributed by atoms with Gasteiger partial charge in [-0.2, -0.15) is 0 Å². The molecular formula is C96H120N18O12. The van der Waals surface area contributed by atoms with E-state index in [-0.39, 0.29) is 159 Å². The van der Waals surface area contributed by atoms with Crippen LogP contribution in [0, 0.1) is 0 Å². The van der Waals surface area contributed by atoms with Crippen LogP contribution in [0.5, 0.6) is 0 Å². The molecule has 30 heteroatoms. The third-order valence-electron chi connectivity index (χ3n) is 21.0. The number of anilines is 6. The Bertz CT molecular complexity index is 7520. The van der Waals surface area contributed by atoms with Gasteiger partial charge in [0.15, 0.2) is 0 Å². The molecule has 0 amide bonds. The van der Waals surface area contributed by atoms with E-state index in [1.807, 2.05) is 32.9 Å². The lowest BCUT2D eigenvalue weighted by molar-refractivity contribution is 0.296. The van der Waals surface area contributed by atoms with E-state index in [1.165, 1.54) is 54.7 Å². The van der Waals surface area contributed by atoms with E-state index < -0.39 is 188 Å². The highest BCUT2D eigenvalue weighted by Crippen LogP contribution is 2.41. The normalized spacial score (nSPS) is 17.8. The summed E-state index contributed by atoms with van der Waals surface area (Å²) in [6.07, 6.45) is 9.43. The standard InChI is InChI=1S/C18H23N3O2.2C16H19N3O2.C16H21N3O2.2C15H19N3O2/c1-13(14-8-4-2-5-9-14)19-16-12-17(22)21(18(23)20-16)15-10-6-3-7-11-15;1-11(12-6-4-3-5-7-12)17-13-10-14(20)19(15(21)18-13)16(2)8-9-16;1-11(12-6-3-2-4-7-12)17-14-10-15(20)19(16(21)18-14)13-8-5-9-13;1-4-11(2)19-15(20)10-14(18-16(19)21)17-12(3)13-8-6-5-7-9-13;2*1-10(2)18-14(19)9-13(17-15(18)20)16-11(3)12-7-5-4-6-8-12/h2,4-5,8-9,12-13,15,19H,3,6-7,10-11H2,1H3,(H,20,23);3-7,10-11,17H,8-9H2,1-2H3,(H,18,21);2-4,6-7,10-11,13,17H,5,8-9H2,1H3,(H,18,21);5-12,17H,4H2,1-3H3,(H,18,21);2*4-11,16H,1-3H3,(H,17,20)/t13-;2*11-;11?,12-;2*11-/m000000/s1/i2D,4D,5D,8D,9D;3D,4D,5D,6D,7D;2D,3D,4D,6D,7D;5D,6D,7D,8D,9D;4D,5D,6D,7D,8D;4D. The Morgan fingerprint density at radius 1 is 0.325 bits per heavy atom. The molecule has 30 nitrogen and oxygen atoms in total. The van der Waals surface area contributed by atoms with Gasteiger partial charge in [0, 0.05) is 103 Å². The van der Waals surface area contributed by atoms with Gasteiger partial charge in [-0.1, -0.05) is 208 Å². The number of benzene rings is 6. The SMILES string of the molecule is [2H]c1c([2H])c([2H])c([C@H](C)Nc2cc(=O)n(C(C)C)c(=O)[nH]2)c([2H])c1[2H].[2H]c1c([2H])c([2H])c([C@H](C)Nc2cc(=O)n(C(C)CC)c(=O)[nH]2)c([2H])c1[2H].[2H]c1c([2H])c([2H])c([C@H](C)Nc2cc(=O)n(C3(C)CC3)c(=O)[nH]2)c([2H])c1[2H].[2H]c1c([2H])c([2H])c([C@H](C)Nc2cc(=O)n(C3CCC3)c(=O)[nH]2)c([2H])c1[2H].[2H]c1c([2H])c([2H])c([C@H](C)Nc2cc(=O)n(C3CCCCC3)c(=O)[nH]2)c([2H])c1[2H].[2H]c1ccc([C@H](C)Nc2cc(=O)n(C(C)C)c(=O)[nH]2)cc1. The van der Waals surface area contributed by atoms with E-state index in [0.29, 0.717) is 18.3 Å². The topological polar surface area (TPSA) is 401 Å². The highest BCUT2D eigenvalue weighted by molar-refractivity contribution is 5.42. The molecule has 6 aromatic carbocycles. The van der Waals surface area contributed by atoms with Crippen molar-refractivity contribution in [3.63, 3.8) is 0 Å². The Kier molecular flexibility index (Phi) is 22.6. The molecule has 1 unspecified atom stereocenters. The van der Waals surface area contributed by atoms with Gasteiger partial charge in [-0.05, 0) is 168 Å². The van der Waals surface area contributed by atoms with Crippen molar-refractivity contribution in [3.8, 4) is 0 Å². The van der Waals surface area contributed by atoms with Crippen LogP contribution in [0.3, 0.4) is 0 Å². The number of nitrogens with one attached hydrogen (secondary N) is 12. The molecule has 666 valence electrons. The largest absolute Gasteiger partial charge is 0.365 e. The third-order valence-corrected chi connectivity index (χ3v) is 21.0. The van der Waals surface area contributed by atoms with Crippen LogP contribution in [0.15, 0.2) is 275 Å². The van der Waals surface area contributed by atoms with Crippen LogP contribution in [0.1, 0.15) is 296 Å². The average Bonchev–Trinajstić information content (AvgIpc) is 1.61. The van der Waals surface area contributed by atoms with E-state index in [0.717, 1.165) is 78.9 Å². The molecule has 12 aromatic rings. The number of hydrogen-bond donors (Lipinski definition) is 12. The van der Waals surface area contributed by atoms with Crippen molar-refractivity contribution in [2.75, 3.05) is 31.9 Å². The summed E-state index contributed by atoms with van der Waals surface area (Å²) >= 11 is 0. The lowest BCUT2D eigenvalue weighted by Gasteiger charge is -2.26. The lowest BCUT2D eigenvalue weighted by Crippen LogP contribution is -2.41. The summed E-state index contributed by atoms with van der Waals surface area (Å²) in [4.78, 5) is 162. The second kappa shape index (κ2) is 44.5. The van der Waals surface area contributed by atoms with Crippen molar-refractivity contribution >= 4 is 34.9 Å². The number of nitrogens with zero attached hydrogens (tertiary/aromatic N) is 6. The smallest absolute Gasteiger partial charge is 0.330 e. The highest BCUT2D eigenvalue weighted by atomic mass is 16.2. The van der Waals surface area contributed by atoms with Crippen molar-refractivity contribution in [3.05, 3.63) is 376 Å². The zero-order valence-corrected chi connectivity index (χ0v) is 72.0. The van der Waals surface area contributed by atoms with Crippen LogP contribution >= 0.6 is 0 Å². The molecule has 12 N–H and O–H groups in total. The number of hydrogen-bond acceptors (Lipinski definition) is 18. The first-order valence-electron chi connectivity index (χ1n) is 54.2. The molecule has 6 heterocycles. The predicted molar refractivity (Wildman–Crippen MR) is 502 cm³/mol. The molecule has 0 radical (unpaired) electrons. The Labute approximate surface area is 766 Å². The maximum Gasteiger partial charge on any atom is 0.330 e. The van der Waals surface area contributed by atoms with Gasteiger partial charge in [0.25, 0.3) is 33.4 Å². The molecule has 0 spiro atoms. The Hall–Kier alpha value is -13.8. The molecule has 3 fully saturated rings. The monoisotopic (exact) mass is 1740 g/mol. The van der Waals surface area contributed by atoms with Gasteiger partial charge in [-0.15, -0.1) is 0 Å². The van der Waals surface area contributed by atoms with Gasteiger partial charge in [0.2, 0.25) is 0 Å². The maximum atomic E-state index is 12.5. The third kappa shape index (κ3) is 25.9. The highest BCUT2D eigenvalue weighted by Gasteiger charge is 2.42. The van der Waals surface area contributed by atoms with Crippen LogP contribution < -0.4 is 99.4 Å². The fourth-order valence-corrected chi connectivity index (χ4v) is 13.6. The van der Waals surface area contributed by atoms with Gasteiger partial charge in [0.05, 0.1) is 41.2 Å². The first-order chi connectivity index (χ1) is 71.0. The fraction of sp³-hybridized carbons (Fsp3) is 0.375. The molecule has 0 bridgehead atoms. The summed E-state index contributed by atoms with van der Waals surface area (Å²) in [5.41, 5.74) is -4.84. The lowest BCUT2D eigenvalue weighted by atomic mass is 9.93. The van der Waals surface area contributed by atoms with Gasteiger partial charge in [-0.25, -0.2) is 28.8 Å². The Morgan fingerprint density at radius 3 is 0.841 bits per heavy atom. The summed E-state index contributed by atoms with van der Waals surface area (Å²) in [6, 6.07) is 0.660. The van der Waals surface area contributed by atoms with Crippen molar-refractivity contribution in [1.29, 1.82) is 0 Å². The number of rotatable bonds is 25. The van der Waals surface area contributed by atoms with Gasteiger partial charge in [0.1, 0.15) is 34.9 Å². The van der Waals surface area contributed by atoms with Crippen molar-refractivity contribution < 1.29 is 35.6 Å². The minimum Gasteiger partial charge on any atom is -0.365 e.